The van der Waals surface area contributed by atoms with Gasteiger partial charge < -0.3 is 39.7 Å². The van der Waals surface area contributed by atoms with Crippen LogP contribution >= 0.6 is 11.6 Å². The molecule has 0 aromatic heterocycles. The zero-order chi connectivity index (χ0) is 35.6. The van der Waals surface area contributed by atoms with Crippen LogP contribution in [0.1, 0.15) is 50.5 Å². The number of allylic oxidation sites excluding steroid dienone is 2. The van der Waals surface area contributed by atoms with E-state index < -0.39 is 29.4 Å². The fraction of sp³-hybridized carbons (Fsp3) is 0.486. The van der Waals surface area contributed by atoms with Gasteiger partial charge in [-0.05, 0) is 80.3 Å². The van der Waals surface area contributed by atoms with Crippen LogP contribution in [0.3, 0.4) is 0 Å². The van der Waals surface area contributed by atoms with Gasteiger partial charge in [0, 0.05) is 23.8 Å². The molecule has 0 spiro atoms. The Bertz CT molecular complexity index is 1420. The summed E-state index contributed by atoms with van der Waals surface area (Å²) in [6.07, 6.45) is 8.75. The minimum Gasteiger partial charge on any atom is -0.493 e. The lowest BCUT2D eigenvalue weighted by Crippen LogP contribution is -2.31. The number of nitrogens with zero attached hydrogens (tertiary/aromatic N) is 1. The Morgan fingerprint density at radius 1 is 1.10 bits per heavy atom. The van der Waals surface area contributed by atoms with E-state index >= 15 is 0 Å². The van der Waals surface area contributed by atoms with Crippen LogP contribution < -0.4 is 19.5 Å². The van der Waals surface area contributed by atoms with E-state index in [-0.39, 0.29) is 56.1 Å². The summed E-state index contributed by atoms with van der Waals surface area (Å²) in [6, 6.07) is 11.9. The van der Waals surface area contributed by atoms with Gasteiger partial charge in [0.05, 0.1) is 25.9 Å². The molecule has 0 unspecified atom stereocenters. The van der Waals surface area contributed by atoms with Crippen molar-refractivity contribution in [3.05, 3.63) is 87.5 Å². The predicted molar refractivity (Wildman–Crippen MR) is 181 cm³/mol. The van der Waals surface area contributed by atoms with E-state index in [1.165, 1.54) is 7.11 Å². The summed E-state index contributed by atoms with van der Waals surface area (Å²) in [5, 5.41) is 43.8. The van der Waals surface area contributed by atoms with Crippen LogP contribution in [0.2, 0.25) is 5.02 Å². The van der Waals surface area contributed by atoms with Crippen molar-refractivity contribution in [3.8, 4) is 17.2 Å². The zero-order valence-corrected chi connectivity index (χ0v) is 28.2. The van der Waals surface area contributed by atoms with E-state index in [0.29, 0.717) is 55.0 Å². The Kier molecular flexibility index (Phi) is 16.9. The van der Waals surface area contributed by atoms with Crippen LogP contribution in [0.5, 0.6) is 17.2 Å². The summed E-state index contributed by atoms with van der Waals surface area (Å²) in [7, 11) is 1.44. The summed E-state index contributed by atoms with van der Waals surface area (Å²) < 4.78 is 16.2. The highest BCUT2D eigenvalue weighted by Gasteiger charge is 2.39. The number of esters is 1. The molecule has 1 saturated carbocycles. The second-order valence-electron chi connectivity index (χ2n) is 11.7. The number of aryl methyl sites for hydroxylation is 1. The third-order valence-electron chi connectivity index (χ3n) is 7.98. The molecule has 0 radical (unpaired) electrons. The van der Waals surface area contributed by atoms with Gasteiger partial charge in [-0.2, -0.15) is 0 Å². The van der Waals surface area contributed by atoms with E-state index in [4.69, 9.17) is 25.8 Å². The first-order valence-corrected chi connectivity index (χ1v) is 16.6. The first-order valence-electron chi connectivity index (χ1n) is 16.2. The molecule has 13 nitrogen and oxygen atoms in total. The third kappa shape index (κ3) is 14.5. The van der Waals surface area contributed by atoms with Gasteiger partial charge >= 0.3 is 5.97 Å². The van der Waals surface area contributed by atoms with E-state index in [0.717, 1.165) is 5.56 Å². The van der Waals surface area contributed by atoms with Crippen molar-refractivity contribution in [2.45, 2.75) is 69.7 Å². The number of carbonyl (C=O) groups excluding carboxylic acids is 2. The van der Waals surface area contributed by atoms with Crippen molar-refractivity contribution >= 4 is 23.5 Å². The minimum absolute atomic E-state index is 0.0141. The molecular weight excluding hydrogens is 660 g/mol. The number of halogens is 1. The molecule has 5 atom stereocenters. The highest BCUT2D eigenvalue weighted by Crippen LogP contribution is 2.36. The predicted octanol–water partition coefficient (Wildman–Crippen LogP) is 4.37. The third-order valence-corrected chi connectivity index (χ3v) is 8.21. The molecule has 268 valence electrons. The van der Waals surface area contributed by atoms with Crippen molar-refractivity contribution in [2.24, 2.45) is 11.8 Å². The number of aliphatic hydroxyl groups is 3. The summed E-state index contributed by atoms with van der Waals surface area (Å²) in [4.78, 5) is 39.1. The van der Waals surface area contributed by atoms with Gasteiger partial charge in [-0.15, -0.1) is 10.1 Å². The van der Waals surface area contributed by atoms with Gasteiger partial charge in [0.1, 0.15) is 25.0 Å². The molecule has 4 N–H and O–H groups in total. The van der Waals surface area contributed by atoms with Crippen LogP contribution in [0.25, 0.3) is 0 Å². The molecule has 0 bridgehead atoms. The van der Waals surface area contributed by atoms with Gasteiger partial charge in [0.2, 0.25) is 5.91 Å². The summed E-state index contributed by atoms with van der Waals surface area (Å²) in [6.45, 7) is -0.273. The van der Waals surface area contributed by atoms with Crippen LogP contribution in [0, 0.1) is 22.0 Å². The monoisotopic (exact) mass is 704 g/mol. The Balaban J connectivity index is 1.33. The topological polar surface area (TPSA) is 187 Å². The number of unbranched alkanes of at least 4 members (excludes halogenated alkanes) is 2. The van der Waals surface area contributed by atoms with Gasteiger partial charge in [-0.25, -0.2) is 4.79 Å². The number of rotatable bonds is 21. The normalized spacial score (nSPS) is 19.5. The van der Waals surface area contributed by atoms with Crippen molar-refractivity contribution in [2.75, 3.05) is 26.9 Å². The molecule has 3 rings (SSSR count). The number of hydrogen-bond acceptors (Lipinski definition) is 11. The number of amides is 1. The van der Waals surface area contributed by atoms with Crippen molar-refractivity contribution in [3.63, 3.8) is 0 Å². The van der Waals surface area contributed by atoms with Gasteiger partial charge in [0.15, 0.2) is 11.5 Å². The Morgan fingerprint density at radius 2 is 1.92 bits per heavy atom. The van der Waals surface area contributed by atoms with Crippen LogP contribution in [-0.4, -0.2) is 77.5 Å². The molecule has 1 aliphatic carbocycles. The second-order valence-corrected chi connectivity index (χ2v) is 12.1. The molecule has 1 aliphatic rings. The smallest absolute Gasteiger partial charge is 0.330 e. The number of benzene rings is 2. The maximum absolute atomic E-state index is 12.3. The highest BCUT2D eigenvalue weighted by atomic mass is 35.5. The van der Waals surface area contributed by atoms with Gasteiger partial charge in [0.25, 0.3) is 5.09 Å². The van der Waals surface area contributed by atoms with Crippen molar-refractivity contribution in [1.29, 1.82) is 0 Å². The molecule has 14 heteroatoms. The van der Waals surface area contributed by atoms with Crippen LogP contribution in [-0.2, 0) is 20.8 Å². The van der Waals surface area contributed by atoms with Crippen molar-refractivity contribution in [1.82, 2.24) is 5.32 Å². The van der Waals surface area contributed by atoms with E-state index in [2.05, 4.69) is 10.2 Å². The minimum atomic E-state index is -0.905. The standard InChI is InChI=1S/C35H45ClN2O11/c1-46-33-19-24(9-6-7-18-48-38(44)45)14-17-32(33)49-35(43)22-37-34(42)13-5-3-2-4-12-28-29(31(41)21-30(28)40)16-15-26(39)23-47-27-11-8-10-25(36)20-27/h2,4,8,10-11,14-17,19-20,26,28-31,39-41H,3,5-7,9,12-13,18,21-23H2,1H3,(H,37,42)/b4-2-,16-15+/t26-,28-,29-,30+,31-/m1/s1. The quantitative estimate of drug-likeness (QED) is 0.0361. The van der Waals surface area contributed by atoms with E-state index in [1.54, 1.807) is 54.6 Å². The number of nitrogens with one attached hydrogen (secondary N) is 1. The first kappa shape index (κ1) is 39.3. The maximum Gasteiger partial charge on any atom is 0.330 e. The van der Waals surface area contributed by atoms with Crippen LogP contribution in [0.15, 0.2) is 66.8 Å². The molecule has 2 aromatic carbocycles. The highest BCUT2D eigenvalue weighted by molar-refractivity contribution is 6.30. The van der Waals surface area contributed by atoms with Crippen molar-refractivity contribution < 1.29 is 49.0 Å². The molecule has 49 heavy (non-hydrogen) atoms. The Hall–Kier alpha value is -4.17. The van der Waals surface area contributed by atoms with E-state index in [1.807, 2.05) is 12.2 Å². The average Bonchev–Trinajstić information content (AvgIpc) is 3.34. The first-order chi connectivity index (χ1) is 23.5. The summed E-state index contributed by atoms with van der Waals surface area (Å²) >= 11 is 5.95. The average molecular weight is 705 g/mol. The number of carbonyl (C=O) groups is 2. The fourth-order valence-electron chi connectivity index (χ4n) is 5.45. The molecule has 1 fully saturated rings. The number of hydrogen-bond donors (Lipinski definition) is 4. The summed E-state index contributed by atoms with van der Waals surface area (Å²) in [5.41, 5.74) is 0.904. The molecule has 0 heterocycles. The SMILES string of the molecule is COc1cc(CCCCO[N+](=O)[O-])ccc1OC(=O)CNC(=O)CCC/C=C\C[C@@H]1[C@@H](/C=C/[C@@H](O)COc2cccc(Cl)c2)[C@H](O)C[C@@H]1O. The summed E-state index contributed by atoms with van der Waals surface area (Å²) in [5.74, 6) is -0.415. The molecule has 1 amide bonds. The number of aliphatic hydroxyl groups excluding tert-OH is 3. The molecule has 0 aliphatic heterocycles. The zero-order valence-electron chi connectivity index (χ0n) is 27.4. The van der Waals surface area contributed by atoms with Crippen LogP contribution in [0.4, 0.5) is 0 Å². The molecule has 2 aromatic rings. The number of methoxy groups -OCH3 is 1. The Labute approximate surface area is 290 Å². The van der Waals surface area contributed by atoms with Gasteiger partial charge in [-0.3, -0.25) is 4.79 Å². The largest absolute Gasteiger partial charge is 0.493 e. The fourth-order valence-corrected chi connectivity index (χ4v) is 5.63. The molecular formula is C35H45ClN2O11. The molecule has 0 saturated heterocycles. The lowest BCUT2D eigenvalue weighted by atomic mass is 9.89. The maximum atomic E-state index is 12.3. The second kappa shape index (κ2) is 21.0. The van der Waals surface area contributed by atoms with Gasteiger partial charge in [-0.1, -0.05) is 48.0 Å². The Morgan fingerprint density at radius 3 is 2.67 bits per heavy atom. The van der Waals surface area contributed by atoms with E-state index in [9.17, 15) is 35.0 Å². The number of ether oxygens (including phenoxy) is 3. The lowest BCUT2D eigenvalue weighted by molar-refractivity contribution is -0.757. The lowest BCUT2D eigenvalue weighted by Gasteiger charge is -2.19.